The minimum Gasteiger partial charge on any atom is -0.261 e. The summed E-state index contributed by atoms with van der Waals surface area (Å²) in [5.74, 6) is 0.816. The van der Waals surface area contributed by atoms with Gasteiger partial charge in [0.2, 0.25) is 0 Å². The van der Waals surface area contributed by atoms with Crippen molar-refractivity contribution in [3.05, 3.63) is 52.9 Å². The van der Waals surface area contributed by atoms with E-state index in [4.69, 9.17) is 0 Å². The number of rotatable bonds is 4. The van der Waals surface area contributed by atoms with E-state index < -0.39 is 0 Å². The summed E-state index contributed by atoms with van der Waals surface area (Å²) in [6, 6.07) is 8.34. The molecule has 0 amide bonds. The van der Waals surface area contributed by atoms with Crippen molar-refractivity contribution in [2.75, 3.05) is 5.43 Å². The number of anilines is 1. The van der Waals surface area contributed by atoms with Crippen LogP contribution in [0.1, 0.15) is 30.2 Å². The van der Waals surface area contributed by atoms with Crippen LogP contribution in [-0.4, -0.2) is 16.2 Å². The minimum atomic E-state index is -0.284. The Labute approximate surface area is 131 Å². The molecule has 1 N–H and O–H groups in total. The average Bonchev–Trinajstić information content (AvgIpc) is 2.92. The molecule has 0 aliphatic heterocycles. The van der Waals surface area contributed by atoms with Crippen molar-refractivity contribution in [1.29, 1.82) is 0 Å². The maximum absolute atomic E-state index is 13.1. The lowest BCUT2D eigenvalue weighted by Crippen LogP contribution is -1.94. The number of hydrogen-bond donors (Lipinski definition) is 1. The summed E-state index contributed by atoms with van der Waals surface area (Å²) in [5, 5.41) is 5.08. The summed E-state index contributed by atoms with van der Waals surface area (Å²) in [5.41, 5.74) is 3.60. The van der Waals surface area contributed by atoms with Crippen molar-refractivity contribution >= 4 is 33.6 Å². The van der Waals surface area contributed by atoms with Crippen molar-refractivity contribution < 1.29 is 4.39 Å². The number of hydrazone groups is 1. The molecule has 6 heteroatoms. The largest absolute Gasteiger partial charge is 0.261 e. The molecule has 0 saturated heterocycles. The molecule has 0 atom stereocenters. The molecular formula is C16H15FN4S. The zero-order valence-corrected chi connectivity index (χ0v) is 13.1. The van der Waals surface area contributed by atoms with Crippen molar-refractivity contribution in [3.63, 3.8) is 0 Å². The maximum Gasteiger partial charge on any atom is 0.158 e. The van der Waals surface area contributed by atoms with E-state index in [0.29, 0.717) is 17.3 Å². The maximum atomic E-state index is 13.1. The molecule has 0 aliphatic carbocycles. The summed E-state index contributed by atoms with van der Waals surface area (Å²) < 4.78 is 13.1. The van der Waals surface area contributed by atoms with E-state index in [1.165, 1.54) is 23.3 Å². The average molecular weight is 314 g/mol. The molecule has 0 radical (unpaired) electrons. The fourth-order valence-corrected chi connectivity index (χ4v) is 3.00. The number of hydrogen-bond acceptors (Lipinski definition) is 5. The van der Waals surface area contributed by atoms with Crippen LogP contribution in [0.5, 0.6) is 0 Å². The highest BCUT2D eigenvalue weighted by molar-refractivity contribution is 7.18. The van der Waals surface area contributed by atoms with Gasteiger partial charge in [0.25, 0.3) is 0 Å². The molecule has 22 heavy (non-hydrogen) atoms. The molecule has 2 aromatic heterocycles. The fraction of sp³-hybridized carbons (Fsp3) is 0.188. The Hall–Kier alpha value is -2.34. The molecule has 0 bridgehead atoms. The van der Waals surface area contributed by atoms with Crippen LogP contribution in [0, 0.1) is 5.82 Å². The van der Waals surface area contributed by atoms with Crippen LogP contribution in [0.2, 0.25) is 0 Å². The first kappa shape index (κ1) is 14.6. The molecule has 4 nitrogen and oxygen atoms in total. The van der Waals surface area contributed by atoms with E-state index >= 15 is 0 Å². The quantitative estimate of drug-likeness (QED) is 0.573. The van der Waals surface area contributed by atoms with Gasteiger partial charge in [0.15, 0.2) is 5.82 Å². The lowest BCUT2D eigenvalue weighted by molar-refractivity contribution is 0.627. The normalized spacial score (nSPS) is 11.6. The Morgan fingerprint density at radius 2 is 2.14 bits per heavy atom. The SMILES string of the molecule is CC(C)c1cc2c(NN=Cc3cccc(F)c3)ncnc2s1. The van der Waals surface area contributed by atoms with Crippen LogP contribution in [0.4, 0.5) is 10.2 Å². The number of nitrogens with zero attached hydrogens (tertiary/aromatic N) is 3. The van der Waals surface area contributed by atoms with Crippen LogP contribution in [0.25, 0.3) is 10.2 Å². The zero-order valence-electron chi connectivity index (χ0n) is 12.2. The summed E-state index contributed by atoms with van der Waals surface area (Å²) in [6.45, 7) is 4.29. The van der Waals surface area contributed by atoms with E-state index in [2.05, 4.69) is 40.4 Å². The van der Waals surface area contributed by atoms with Crippen molar-refractivity contribution in [2.24, 2.45) is 5.10 Å². The molecule has 0 fully saturated rings. The topological polar surface area (TPSA) is 50.2 Å². The highest BCUT2D eigenvalue weighted by Crippen LogP contribution is 2.32. The number of halogens is 1. The van der Waals surface area contributed by atoms with E-state index in [0.717, 1.165) is 10.2 Å². The van der Waals surface area contributed by atoms with Gasteiger partial charge in [-0.25, -0.2) is 14.4 Å². The second kappa shape index (κ2) is 6.19. The number of nitrogens with one attached hydrogen (secondary N) is 1. The van der Waals surface area contributed by atoms with Gasteiger partial charge < -0.3 is 0 Å². The minimum absolute atomic E-state index is 0.284. The van der Waals surface area contributed by atoms with Gasteiger partial charge in [0.1, 0.15) is 17.0 Å². The molecule has 0 aliphatic rings. The van der Waals surface area contributed by atoms with E-state index in [1.54, 1.807) is 29.7 Å². The summed E-state index contributed by atoms with van der Waals surface area (Å²) in [6.07, 6.45) is 3.08. The smallest absolute Gasteiger partial charge is 0.158 e. The highest BCUT2D eigenvalue weighted by atomic mass is 32.1. The first-order chi connectivity index (χ1) is 10.6. The van der Waals surface area contributed by atoms with Gasteiger partial charge in [-0.15, -0.1) is 11.3 Å². The molecule has 112 valence electrons. The Kier molecular flexibility index (Phi) is 4.11. The number of thiophene rings is 1. The summed E-state index contributed by atoms with van der Waals surface area (Å²) in [4.78, 5) is 10.7. The van der Waals surface area contributed by atoms with E-state index in [1.807, 2.05) is 0 Å². The third kappa shape index (κ3) is 3.12. The van der Waals surface area contributed by atoms with Gasteiger partial charge in [-0.05, 0) is 29.7 Å². The number of fused-ring (bicyclic) bond motifs is 1. The van der Waals surface area contributed by atoms with Crippen LogP contribution in [-0.2, 0) is 0 Å². The molecule has 1 aromatic carbocycles. The highest BCUT2D eigenvalue weighted by Gasteiger charge is 2.10. The predicted octanol–water partition coefficient (Wildman–Crippen LogP) is 4.40. The first-order valence-electron chi connectivity index (χ1n) is 6.92. The van der Waals surface area contributed by atoms with Gasteiger partial charge in [0.05, 0.1) is 11.6 Å². The van der Waals surface area contributed by atoms with Crippen LogP contribution >= 0.6 is 11.3 Å². The number of aromatic nitrogens is 2. The molecule has 0 spiro atoms. The van der Waals surface area contributed by atoms with Gasteiger partial charge >= 0.3 is 0 Å². The van der Waals surface area contributed by atoms with Crippen molar-refractivity contribution in [1.82, 2.24) is 9.97 Å². The first-order valence-corrected chi connectivity index (χ1v) is 7.74. The Morgan fingerprint density at radius 1 is 1.27 bits per heavy atom. The van der Waals surface area contributed by atoms with Gasteiger partial charge in [-0.2, -0.15) is 5.10 Å². The van der Waals surface area contributed by atoms with Crippen molar-refractivity contribution in [3.8, 4) is 0 Å². The third-order valence-corrected chi connectivity index (χ3v) is 4.49. The van der Waals surface area contributed by atoms with Gasteiger partial charge in [-0.1, -0.05) is 26.0 Å². The Bertz CT molecular complexity index is 826. The standard InChI is InChI=1S/C16H15FN4S/c1-10(2)14-7-13-15(18-9-19-16(13)22-14)21-20-8-11-4-3-5-12(17)6-11/h3-10H,1-2H3,(H,18,19,21). The van der Waals surface area contributed by atoms with Crippen LogP contribution in [0.3, 0.4) is 0 Å². The van der Waals surface area contributed by atoms with Crippen LogP contribution < -0.4 is 5.43 Å². The Morgan fingerprint density at radius 3 is 2.91 bits per heavy atom. The third-order valence-electron chi connectivity index (χ3n) is 3.15. The van der Waals surface area contributed by atoms with Crippen LogP contribution in [0.15, 0.2) is 41.8 Å². The zero-order chi connectivity index (χ0) is 15.5. The Balaban J connectivity index is 1.84. The van der Waals surface area contributed by atoms with Gasteiger partial charge in [0, 0.05) is 4.88 Å². The second-order valence-corrected chi connectivity index (χ2v) is 6.23. The molecule has 3 aromatic rings. The molecule has 3 rings (SSSR count). The lowest BCUT2D eigenvalue weighted by atomic mass is 10.2. The molecule has 2 heterocycles. The fourth-order valence-electron chi connectivity index (χ4n) is 2.00. The molecule has 0 saturated carbocycles. The van der Waals surface area contributed by atoms with E-state index in [9.17, 15) is 4.39 Å². The van der Waals surface area contributed by atoms with E-state index in [-0.39, 0.29) is 5.82 Å². The summed E-state index contributed by atoms with van der Waals surface area (Å²) in [7, 11) is 0. The van der Waals surface area contributed by atoms with Gasteiger partial charge in [-0.3, -0.25) is 5.43 Å². The molecular weight excluding hydrogens is 299 g/mol. The predicted molar refractivity (Wildman–Crippen MR) is 89.1 cm³/mol. The monoisotopic (exact) mass is 314 g/mol. The lowest BCUT2D eigenvalue weighted by Gasteiger charge is -2.00. The second-order valence-electron chi connectivity index (χ2n) is 5.17. The molecule has 0 unspecified atom stereocenters. The number of benzene rings is 1. The van der Waals surface area contributed by atoms with Crippen molar-refractivity contribution in [2.45, 2.75) is 19.8 Å². The summed E-state index contributed by atoms with van der Waals surface area (Å²) >= 11 is 1.66.